The second kappa shape index (κ2) is 9.82. The van der Waals surface area contributed by atoms with E-state index in [-0.39, 0.29) is 24.8 Å². The number of hydrogen-bond donors (Lipinski definition) is 2. The molecule has 0 saturated carbocycles. The summed E-state index contributed by atoms with van der Waals surface area (Å²) in [5, 5.41) is 5.39. The van der Waals surface area contributed by atoms with Gasteiger partial charge in [0, 0.05) is 11.3 Å². The zero-order chi connectivity index (χ0) is 23.2. The molecule has 7 nitrogen and oxygen atoms in total. The lowest BCUT2D eigenvalue weighted by Gasteiger charge is -2.11. The van der Waals surface area contributed by atoms with Crippen molar-refractivity contribution in [1.82, 2.24) is 10.2 Å². The monoisotopic (exact) mass is 441 g/mol. The average Bonchev–Trinajstić information content (AvgIpc) is 3.08. The van der Waals surface area contributed by atoms with E-state index in [4.69, 9.17) is 4.74 Å². The Morgan fingerprint density at radius 2 is 1.67 bits per heavy atom. The third-order valence-electron chi connectivity index (χ3n) is 5.06. The van der Waals surface area contributed by atoms with Crippen molar-refractivity contribution in [3.05, 3.63) is 101 Å². The summed E-state index contributed by atoms with van der Waals surface area (Å²) >= 11 is 0. The molecule has 1 aliphatic rings. The topological polar surface area (TPSA) is 87.7 Å². The van der Waals surface area contributed by atoms with E-state index in [1.807, 2.05) is 61.5 Å². The predicted molar refractivity (Wildman–Crippen MR) is 125 cm³/mol. The molecule has 0 atom stereocenters. The predicted octanol–water partition coefficient (Wildman–Crippen LogP) is 4.11. The number of benzene rings is 3. The second-order valence-corrected chi connectivity index (χ2v) is 7.61. The Balaban J connectivity index is 1.43. The number of amides is 4. The molecule has 1 heterocycles. The summed E-state index contributed by atoms with van der Waals surface area (Å²) in [6, 6.07) is 23.3. The fourth-order valence-corrected chi connectivity index (χ4v) is 3.35. The summed E-state index contributed by atoms with van der Waals surface area (Å²) in [7, 11) is 0. The Hall–Kier alpha value is -4.39. The summed E-state index contributed by atoms with van der Waals surface area (Å²) in [5.41, 5.74) is 3.36. The normalized spacial score (nSPS) is 14.3. The molecule has 33 heavy (non-hydrogen) atoms. The minimum absolute atomic E-state index is 0.149. The van der Waals surface area contributed by atoms with Gasteiger partial charge in [-0.1, -0.05) is 66.2 Å². The zero-order valence-corrected chi connectivity index (χ0v) is 18.1. The van der Waals surface area contributed by atoms with Gasteiger partial charge in [0.1, 0.15) is 11.4 Å². The lowest BCUT2D eigenvalue weighted by Crippen LogP contribution is -2.30. The van der Waals surface area contributed by atoms with E-state index < -0.39 is 11.9 Å². The van der Waals surface area contributed by atoms with Gasteiger partial charge in [0.25, 0.3) is 11.8 Å². The first-order valence-electron chi connectivity index (χ1n) is 10.5. The van der Waals surface area contributed by atoms with E-state index in [2.05, 4.69) is 10.6 Å². The molecule has 1 aliphatic heterocycles. The van der Waals surface area contributed by atoms with Gasteiger partial charge in [-0.15, -0.1) is 0 Å². The van der Waals surface area contributed by atoms with Gasteiger partial charge in [-0.2, -0.15) is 0 Å². The zero-order valence-electron chi connectivity index (χ0n) is 18.1. The molecule has 2 N–H and O–H groups in total. The average molecular weight is 441 g/mol. The Morgan fingerprint density at radius 3 is 2.42 bits per heavy atom. The molecule has 0 spiro atoms. The highest BCUT2D eigenvalue weighted by molar-refractivity contribution is 6.14. The lowest BCUT2D eigenvalue weighted by atomic mass is 10.1. The van der Waals surface area contributed by atoms with E-state index in [1.54, 1.807) is 30.3 Å². The van der Waals surface area contributed by atoms with Crippen LogP contribution in [0.2, 0.25) is 0 Å². The molecule has 4 rings (SSSR count). The minimum atomic E-state index is -0.481. The van der Waals surface area contributed by atoms with Crippen molar-refractivity contribution < 1.29 is 19.1 Å². The van der Waals surface area contributed by atoms with Gasteiger partial charge in [-0.3, -0.25) is 14.5 Å². The number of anilines is 1. The van der Waals surface area contributed by atoms with Crippen molar-refractivity contribution in [3.8, 4) is 5.75 Å². The molecule has 7 heteroatoms. The van der Waals surface area contributed by atoms with Crippen LogP contribution in [-0.4, -0.2) is 29.4 Å². The van der Waals surface area contributed by atoms with Crippen LogP contribution in [0.1, 0.15) is 16.7 Å². The van der Waals surface area contributed by atoms with Crippen LogP contribution in [0.15, 0.2) is 84.6 Å². The van der Waals surface area contributed by atoms with Crippen LogP contribution in [-0.2, 0) is 16.1 Å². The van der Waals surface area contributed by atoms with Crippen LogP contribution in [0.4, 0.5) is 10.5 Å². The molecule has 0 unspecified atom stereocenters. The number of para-hydroxylation sites is 1. The smallest absolute Gasteiger partial charge is 0.329 e. The quantitative estimate of drug-likeness (QED) is 0.427. The Morgan fingerprint density at radius 1 is 0.970 bits per heavy atom. The van der Waals surface area contributed by atoms with Crippen LogP contribution in [0.5, 0.6) is 5.75 Å². The van der Waals surface area contributed by atoms with E-state index >= 15 is 0 Å². The fourth-order valence-electron chi connectivity index (χ4n) is 3.35. The van der Waals surface area contributed by atoms with Crippen molar-refractivity contribution >= 4 is 29.6 Å². The third kappa shape index (κ3) is 5.46. The molecule has 0 bridgehead atoms. The maximum absolute atomic E-state index is 12.8. The molecule has 1 fully saturated rings. The van der Waals surface area contributed by atoms with Crippen LogP contribution in [0, 0.1) is 6.92 Å². The first-order chi connectivity index (χ1) is 16.0. The minimum Gasteiger partial charge on any atom is -0.483 e. The summed E-state index contributed by atoms with van der Waals surface area (Å²) in [5.74, 6) is -0.302. The molecular formula is C26H23N3O4. The van der Waals surface area contributed by atoms with Gasteiger partial charge in [-0.05, 0) is 36.8 Å². The van der Waals surface area contributed by atoms with E-state index in [9.17, 15) is 14.4 Å². The van der Waals surface area contributed by atoms with Crippen LogP contribution >= 0.6 is 0 Å². The highest BCUT2D eigenvalue weighted by atomic mass is 16.5. The SMILES string of the molecule is Cc1ccc(NC(=O)COc2ccccc2/C=C2/NC(=O)N(Cc3ccccc3)C2=O)cc1. The molecule has 4 amide bonds. The Bertz CT molecular complexity index is 1200. The van der Waals surface area contributed by atoms with Crippen molar-refractivity contribution in [3.63, 3.8) is 0 Å². The van der Waals surface area contributed by atoms with Crippen LogP contribution < -0.4 is 15.4 Å². The molecule has 0 radical (unpaired) electrons. The Kier molecular flexibility index (Phi) is 6.50. The number of urea groups is 1. The van der Waals surface area contributed by atoms with E-state index in [0.29, 0.717) is 17.0 Å². The number of rotatable bonds is 7. The van der Waals surface area contributed by atoms with Gasteiger partial charge in [0.05, 0.1) is 6.54 Å². The number of imide groups is 1. The molecule has 166 valence electrons. The molecule has 0 aromatic heterocycles. The largest absolute Gasteiger partial charge is 0.483 e. The molecule has 1 saturated heterocycles. The van der Waals surface area contributed by atoms with Crippen molar-refractivity contribution in [1.29, 1.82) is 0 Å². The van der Waals surface area contributed by atoms with E-state index in [1.165, 1.54) is 0 Å². The molecular weight excluding hydrogens is 418 g/mol. The highest BCUT2D eigenvalue weighted by Crippen LogP contribution is 2.23. The molecule has 3 aromatic carbocycles. The number of carbonyl (C=O) groups excluding carboxylic acids is 3. The third-order valence-corrected chi connectivity index (χ3v) is 5.06. The maximum atomic E-state index is 12.8. The summed E-state index contributed by atoms with van der Waals surface area (Å²) in [6.45, 7) is 1.95. The van der Waals surface area contributed by atoms with Crippen molar-refractivity contribution in [2.75, 3.05) is 11.9 Å². The van der Waals surface area contributed by atoms with Crippen molar-refractivity contribution in [2.24, 2.45) is 0 Å². The summed E-state index contributed by atoms with van der Waals surface area (Å²) in [4.78, 5) is 38.6. The molecule has 0 aliphatic carbocycles. The van der Waals surface area contributed by atoms with Gasteiger partial charge in [0.15, 0.2) is 6.61 Å². The number of aryl methyl sites for hydroxylation is 1. The van der Waals surface area contributed by atoms with Gasteiger partial charge < -0.3 is 15.4 Å². The van der Waals surface area contributed by atoms with Crippen LogP contribution in [0.25, 0.3) is 6.08 Å². The first kappa shape index (κ1) is 21.8. The first-order valence-corrected chi connectivity index (χ1v) is 10.5. The van der Waals surface area contributed by atoms with Gasteiger partial charge in [0.2, 0.25) is 0 Å². The summed E-state index contributed by atoms with van der Waals surface area (Å²) in [6.07, 6.45) is 1.55. The second-order valence-electron chi connectivity index (χ2n) is 7.61. The van der Waals surface area contributed by atoms with Gasteiger partial charge in [-0.25, -0.2) is 4.79 Å². The fraction of sp³-hybridized carbons (Fsp3) is 0.115. The van der Waals surface area contributed by atoms with E-state index in [0.717, 1.165) is 16.0 Å². The lowest BCUT2D eigenvalue weighted by molar-refractivity contribution is -0.123. The maximum Gasteiger partial charge on any atom is 0.329 e. The van der Waals surface area contributed by atoms with Gasteiger partial charge >= 0.3 is 6.03 Å². The number of nitrogens with zero attached hydrogens (tertiary/aromatic N) is 1. The highest BCUT2D eigenvalue weighted by Gasteiger charge is 2.33. The number of ether oxygens (including phenoxy) is 1. The number of nitrogens with one attached hydrogen (secondary N) is 2. The van der Waals surface area contributed by atoms with Crippen LogP contribution in [0.3, 0.4) is 0 Å². The molecule has 3 aromatic rings. The number of carbonyl (C=O) groups is 3. The Labute approximate surface area is 191 Å². The van der Waals surface area contributed by atoms with Crippen molar-refractivity contribution in [2.45, 2.75) is 13.5 Å². The standard InChI is InChI=1S/C26H23N3O4/c1-18-11-13-21(14-12-18)27-24(30)17-33-23-10-6-5-9-20(23)15-22-25(31)29(26(32)28-22)16-19-7-3-2-4-8-19/h2-15H,16-17H2,1H3,(H,27,30)(H,28,32)/b22-15+. The summed E-state index contributed by atoms with van der Waals surface area (Å²) < 4.78 is 5.70. The number of hydrogen-bond acceptors (Lipinski definition) is 4.